The topological polar surface area (TPSA) is 69.6 Å². The first-order valence-corrected chi connectivity index (χ1v) is 5.36. The van der Waals surface area contributed by atoms with Crippen LogP contribution < -0.4 is 5.73 Å². The van der Waals surface area contributed by atoms with E-state index < -0.39 is 0 Å². The van der Waals surface area contributed by atoms with Gasteiger partial charge in [-0.2, -0.15) is 10.1 Å². The molecule has 0 amide bonds. The minimum Gasteiger partial charge on any atom is -0.368 e. The molecule has 0 aliphatic carbocycles. The Balaban J connectivity index is 2.19. The fourth-order valence-corrected chi connectivity index (χ4v) is 1.45. The summed E-state index contributed by atoms with van der Waals surface area (Å²) < 4.78 is 1.66. The van der Waals surface area contributed by atoms with Gasteiger partial charge in [-0.15, -0.1) is 0 Å². The maximum absolute atomic E-state index is 5.74. The summed E-state index contributed by atoms with van der Waals surface area (Å²) in [7, 11) is 0. The van der Waals surface area contributed by atoms with Crippen molar-refractivity contribution >= 4 is 17.5 Å². The zero-order chi connectivity index (χ0) is 11.5. The number of halogens is 1. The highest BCUT2D eigenvalue weighted by Crippen LogP contribution is 2.09. The highest BCUT2D eigenvalue weighted by atomic mass is 35.5. The van der Waals surface area contributed by atoms with Crippen LogP contribution >= 0.6 is 11.6 Å². The Labute approximate surface area is 98.3 Å². The van der Waals surface area contributed by atoms with E-state index in [9.17, 15) is 0 Å². The van der Waals surface area contributed by atoms with Crippen molar-refractivity contribution in [2.24, 2.45) is 0 Å². The Morgan fingerprint density at radius 1 is 1.44 bits per heavy atom. The third kappa shape index (κ3) is 2.30. The molecule has 0 aliphatic heterocycles. The minimum absolute atomic E-state index is 0.423. The highest BCUT2D eigenvalue weighted by Gasteiger charge is 2.05. The number of nitrogen functional groups attached to an aromatic ring is 1. The summed E-state index contributed by atoms with van der Waals surface area (Å²) in [6.07, 6.45) is 2.48. The van der Waals surface area contributed by atoms with Gasteiger partial charge in [0.25, 0.3) is 0 Å². The molecule has 0 bridgehead atoms. The standard InChI is InChI=1S/C10H12ClN5/c1-2-9-14-10(12)16(15-9)6-7-3-4-8(11)13-5-7/h3-5H,2,6H2,1H3,(H2,12,14,15). The number of aryl methyl sites for hydroxylation is 1. The lowest BCUT2D eigenvalue weighted by molar-refractivity contribution is 0.681. The van der Waals surface area contributed by atoms with Crippen LogP contribution in [0, 0.1) is 0 Å². The van der Waals surface area contributed by atoms with Crippen molar-refractivity contribution in [2.45, 2.75) is 19.9 Å². The summed E-state index contributed by atoms with van der Waals surface area (Å²) in [4.78, 5) is 8.12. The lowest BCUT2D eigenvalue weighted by atomic mass is 10.3. The number of rotatable bonds is 3. The molecule has 84 valence electrons. The van der Waals surface area contributed by atoms with Crippen LogP contribution in [0.25, 0.3) is 0 Å². The molecule has 2 aromatic heterocycles. The van der Waals surface area contributed by atoms with E-state index in [1.54, 1.807) is 16.9 Å². The quantitative estimate of drug-likeness (QED) is 0.822. The van der Waals surface area contributed by atoms with Gasteiger partial charge in [0.15, 0.2) is 5.82 Å². The Bertz CT molecular complexity index is 476. The van der Waals surface area contributed by atoms with E-state index in [0.29, 0.717) is 17.6 Å². The molecule has 0 aliphatic rings. The molecule has 0 radical (unpaired) electrons. The molecule has 2 N–H and O–H groups in total. The molecule has 0 fully saturated rings. The maximum atomic E-state index is 5.74. The maximum Gasteiger partial charge on any atom is 0.219 e. The molecule has 2 heterocycles. The third-order valence-corrected chi connectivity index (χ3v) is 2.40. The average molecular weight is 238 g/mol. The summed E-state index contributed by atoms with van der Waals surface area (Å²) in [5.41, 5.74) is 6.73. The van der Waals surface area contributed by atoms with Gasteiger partial charge >= 0.3 is 0 Å². The van der Waals surface area contributed by atoms with Gasteiger partial charge in [-0.3, -0.25) is 0 Å². The van der Waals surface area contributed by atoms with Gasteiger partial charge in [0.05, 0.1) is 6.54 Å². The van der Waals surface area contributed by atoms with Gasteiger partial charge in [0.1, 0.15) is 5.15 Å². The zero-order valence-electron chi connectivity index (χ0n) is 8.89. The number of aromatic nitrogens is 4. The SMILES string of the molecule is CCc1nc(N)n(Cc2ccc(Cl)nc2)n1. The van der Waals surface area contributed by atoms with E-state index in [0.717, 1.165) is 17.8 Å². The first kappa shape index (κ1) is 10.9. The van der Waals surface area contributed by atoms with Gasteiger partial charge in [0, 0.05) is 12.6 Å². The van der Waals surface area contributed by atoms with Crippen LogP contribution in [0.2, 0.25) is 5.15 Å². The first-order valence-electron chi connectivity index (χ1n) is 4.98. The molecule has 0 atom stereocenters. The summed E-state index contributed by atoms with van der Waals surface area (Å²) >= 11 is 5.70. The Morgan fingerprint density at radius 2 is 2.25 bits per heavy atom. The largest absolute Gasteiger partial charge is 0.368 e. The second-order valence-electron chi connectivity index (χ2n) is 3.39. The van der Waals surface area contributed by atoms with Crippen molar-refractivity contribution in [3.8, 4) is 0 Å². The number of nitrogens with zero attached hydrogens (tertiary/aromatic N) is 4. The molecule has 2 rings (SSSR count). The average Bonchev–Trinajstić information content (AvgIpc) is 2.63. The summed E-state index contributed by atoms with van der Waals surface area (Å²) in [5, 5.41) is 4.74. The van der Waals surface area contributed by atoms with Crippen molar-refractivity contribution in [2.75, 3.05) is 5.73 Å². The molecule has 0 saturated heterocycles. The molecule has 2 aromatic rings. The zero-order valence-corrected chi connectivity index (χ0v) is 9.65. The van der Waals surface area contributed by atoms with Crippen molar-refractivity contribution in [1.82, 2.24) is 19.7 Å². The van der Waals surface area contributed by atoms with Gasteiger partial charge in [0.2, 0.25) is 5.95 Å². The van der Waals surface area contributed by atoms with Crippen LogP contribution in [-0.2, 0) is 13.0 Å². The lowest BCUT2D eigenvalue weighted by Gasteiger charge is -2.02. The summed E-state index contributed by atoms with van der Waals surface area (Å²) in [6, 6.07) is 3.63. The Kier molecular flexibility index (Phi) is 3.05. The van der Waals surface area contributed by atoms with Crippen LogP contribution in [-0.4, -0.2) is 19.7 Å². The van der Waals surface area contributed by atoms with E-state index in [1.807, 2.05) is 13.0 Å². The Hall–Kier alpha value is -1.62. The van der Waals surface area contributed by atoms with E-state index in [4.69, 9.17) is 17.3 Å². The van der Waals surface area contributed by atoms with Gasteiger partial charge < -0.3 is 5.73 Å². The number of hydrogen-bond acceptors (Lipinski definition) is 4. The molecular formula is C10H12ClN5. The van der Waals surface area contributed by atoms with Gasteiger partial charge in [-0.25, -0.2) is 9.67 Å². The molecule has 0 aromatic carbocycles. The molecular weight excluding hydrogens is 226 g/mol. The number of nitrogens with two attached hydrogens (primary N) is 1. The Morgan fingerprint density at radius 3 is 2.81 bits per heavy atom. The predicted octanol–water partition coefficient (Wildman–Crippen LogP) is 1.52. The molecule has 0 unspecified atom stereocenters. The third-order valence-electron chi connectivity index (χ3n) is 2.18. The van der Waals surface area contributed by atoms with E-state index in [-0.39, 0.29) is 0 Å². The summed E-state index contributed by atoms with van der Waals surface area (Å²) in [6.45, 7) is 2.55. The summed E-state index contributed by atoms with van der Waals surface area (Å²) in [5.74, 6) is 1.17. The van der Waals surface area contributed by atoms with Crippen LogP contribution in [0.3, 0.4) is 0 Å². The van der Waals surface area contributed by atoms with Crippen molar-refractivity contribution < 1.29 is 0 Å². The molecule has 0 spiro atoms. The van der Waals surface area contributed by atoms with Crippen molar-refractivity contribution in [3.05, 3.63) is 34.9 Å². The first-order chi connectivity index (χ1) is 7.69. The van der Waals surface area contributed by atoms with Gasteiger partial charge in [-0.1, -0.05) is 24.6 Å². The van der Waals surface area contributed by atoms with Crippen LogP contribution in [0.4, 0.5) is 5.95 Å². The van der Waals surface area contributed by atoms with Gasteiger partial charge in [-0.05, 0) is 11.6 Å². The smallest absolute Gasteiger partial charge is 0.219 e. The minimum atomic E-state index is 0.423. The van der Waals surface area contributed by atoms with Crippen molar-refractivity contribution in [1.29, 1.82) is 0 Å². The van der Waals surface area contributed by atoms with Crippen molar-refractivity contribution in [3.63, 3.8) is 0 Å². The fraction of sp³-hybridized carbons (Fsp3) is 0.300. The second kappa shape index (κ2) is 4.49. The monoisotopic (exact) mass is 237 g/mol. The number of anilines is 1. The normalized spacial score (nSPS) is 10.6. The molecule has 16 heavy (non-hydrogen) atoms. The number of hydrogen-bond donors (Lipinski definition) is 1. The fourth-order valence-electron chi connectivity index (χ4n) is 1.34. The molecule has 0 saturated carbocycles. The number of pyridine rings is 1. The predicted molar refractivity (Wildman–Crippen MR) is 62.2 cm³/mol. The second-order valence-corrected chi connectivity index (χ2v) is 3.77. The van der Waals surface area contributed by atoms with Crippen LogP contribution in [0.15, 0.2) is 18.3 Å². The lowest BCUT2D eigenvalue weighted by Crippen LogP contribution is -2.06. The molecule has 6 heteroatoms. The van der Waals surface area contributed by atoms with E-state index in [1.165, 1.54) is 0 Å². The van der Waals surface area contributed by atoms with E-state index >= 15 is 0 Å². The van der Waals surface area contributed by atoms with Crippen LogP contribution in [0.1, 0.15) is 18.3 Å². The highest BCUT2D eigenvalue weighted by molar-refractivity contribution is 6.29. The molecule has 5 nitrogen and oxygen atoms in total. The van der Waals surface area contributed by atoms with E-state index in [2.05, 4.69) is 15.1 Å². The van der Waals surface area contributed by atoms with Crippen LogP contribution in [0.5, 0.6) is 0 Å².